The predicted molar refractivity (Wildman–Crippen MR) is 160 cm³/mol. The van der Waals surface area contributed by atoms with Crippen molar-refractivity contribution in [2.75, 3.05) is 57.1 Å². The average molecular weight is 536 g/mol. The summed E-state index contributed by atoms with van der Waals surface area (Å²) in [6.07, 6.45) is 13.4. The molecule has 2 fully saturated rings. The first-order valence-electron chi connectivity index (χ1n) is 15.4. The number of rotatable bonds is 11. The van der Waals surface area contributed by atoms with Crippen LogP contribution in [0, 0.1) is 0 Å². The summed E-state index contributed by atoms with van der Waals surface area (Å²) in [5.74, 6) is 2.96. The highest BCUT2D eigenvalue weighted by molar-refractivity contribution is 5.54. The van der Waals surface area contributed by atoms with Crippen LogP contribution in [0.2, 0.25) is 0 Å². The van der Waals surface area contributed by atoms with E-state index in [4.69, 9.17) is 14.7 Å². The molecule has 2 aliphatic heterocycles. The molecule has 3 N–H and O–H groups in total. The normalized spacial score (nSPS) is 21.9. The third kappa shape index (κ3) is 8.05. The molecule has 1 aromatic heterocycles. The summed E-state index contributed by atoms with van der Waals surface area (Å²) >= 11 is 0. The zero-order valence-electron chi connectivity index (χ0n) is 24.2. The van der Waals surface area contributed by atoms with Crippen LogP contribution < -0.4 is 25.6 Å². The second kappa shape index (κ2) is 14.3. The average Bonchev–Trinajstić information content (AvgIpc) is 3.25. The Morgan fingerprint density at radius 1 is 0.974 bits per heavy atom. The molecule has 0 radical (unpaired) electrons. The molecule has 0 bridgehead atoms. The number of aryl methyl sites for hydroxylation is 1. The van der Waals surface area contributed by atoms with Gasteiger partial charge in [0.1, 0.15) is 11.6 Å². The fourth-order valence-corrected chi connectivity index (χ4v) is 6.11. The van der Waals surface area contributed by atoms with Crippen molar-refractivity contribution in [1.29, 1.82) is 0 Å². The summed E-state index contributed by atoms with van der Waals surface area (Å²) in [5.41, 5.74) is 3.95. The Hall–Kier alpha value is -2.42. The minimum atomic E-state index is 0.168. The van der Waals surface area contributed by atoms with Gasteiger partial charge in [0.05, 0.1) is 24.5 Å². The van der Waals surface area contributed by atoms with E-state index in [1.807, 2.05) is 0 Å². The smallest absolute Gasteiger partial charge is 0.225 e. The highest BCUT2D eigenvalue weighted by Crippen LogP contribution is 2.31. The van der Waals surface area contributed by atoms with Crippen LogP contribution in [0.4, 0.5) is 11.8 Å². The molecular formula is C31H49N7O. The lowest BCUT2D eigenvalue weighted by Crippen LogP contribution is -2.56. The van der Waals surface area contributed by atoms with Gasteiger partial charge in [0.15, 0.2) is 0 Å². The first-order chi connectivity index (χ1) is 19.2. The van der Waals surface area contributed by atoms with Crippen molar-refractivity contribution in [3.05, 3.63) is 41.1 Å². The maximum absolute atomic E-state index is 5.90. The fraction of sp³-hybridized carbons (Fsp3) is 0.677. The number of ether oxygens (including phenoxy) is 1. The van der Waals surface area contributed by atoms with E-state index < -0.39 is 0 Å². The zero-order chi connectivity index (χ0) is 26.9. The molecule has 0 saturated carbocycles. The second-order valence-corrected chi connectivity index (χ2v) is 11.8. The van der Waals surface area contributed by atoms with E-state index in [2.05, 4.69) is 64.1 Å². The minimum Gasteiger partial charge on any atom is -0.494 e. The summed E-state index contributed by atoms with van der Waals surface area (Å²) < 4.78 is 5.90. The molecule has 1 aromatic carbocycles. The molecule has 0 amide bonds. The van der Waals surface area contributed by atoms with E-state index in [0.29, 0.717) is 0 Å². The first-order valence-corrected chi connectivity index (χ1v) is 15.4. The van der Waals surface area contributed by atoms with Gasteiger partial charge in [-0.3, -0.25) is 5.32 Å². The molecular weight excluding hydrogens is 486 g/mol. The van der Waals surface area contributed by atoms with Gasteiger partial charge in [0, 0.05) is 31.7 Å². The summed E-state index contributed by atoms with van der Waals surface area (Å²) in [4.78, 5) is 15.0. The van der Waals surface area contributed by atoms with Crippen LogP contribution in [0.1, 0.15) is 74.6 Å². The number of benzene rings is 1. The van der Waals surface area contributed by atoms with Gasteiger partial charge in [0.2, 0.25) is 5.95 Å². The molecule has 8 heteroatoms. The topological polar surface area (TPSA) is 77.6 Å². The summed E-state index contributed by atoms with van der Waals surface area (Å²) in [5, 5.41) is 11.2. The van der Waals surface area contributed by atoms with Gasteiger partial charge in [-0.05, 0) is 96.1 Å². The number of anilines is 2. The van der Waals surface area contributed by atoms with Crippen molar-refractivity contribution in [1.82, 2.24) is 25.5 Å². The van der Waals surface area contributed by atoms with Crippen molar-refractivity contribution >= 4 is 11.8 Å². The van der Waals surface area contributed by atoms with Crippen LogP contribution in [-0.4, -0.2) is 74.0 Å². The Balaban J connectivity index is 1.20. The monoisotopic (exact) mass is 535 g/mol. The number of hydrogen-bond acceptors (Lipinski definition) is 8. The number of fused-ring (bicyclic) bond motifs is 1. The summed E-state index contributed by atoms with van der Waals surface area (Å²) in [7, 11) is 4.19. The second-order valence-electron chi connectivity index (χ2n) is 11.8. The van der Waals surface area contributed by atoms with Crippen molar-refractivity contribution < 1.29 is 4.74 Å². The van der Waals surface area contributed by atoms with Crippen LogP contribution >= 0.6 is 0 Å². The molecule has 8 nitrogen and oxygen atoms in total. The van der Waals surface area contributed by atoms with Crippen LogP contribution in [0.15, 0.2) is 24.3 Å². The van der Waals surface area contributed by atoms with Crippen LogP contribution in [-0.2, 0) is 19.4 Å². The number of aromatic nitrogens is 2. The van der Waals surface area contributed by atoms with Crippen molar-refractivity contribution in [2.45, 2.75) is 89.4 Å². The number of nitrogens with one attached hydrogen (secondary N) is 3. The number of hydrogen-bond donors (Lipinski definition) is 3. The van der Waals surface area contributed by atoms with Crippen molar-refractivity contribution in [3.8, 4) is 5.75 Å². The summed E-state index contributed by atoms with van der Waals surface area (Å²) in [6.45, 7) is 5.87. The molecule has 1 aliphatic carbocycles. The maximum atomic E-state index is 5.90. The predicted octanol–water partition coefficient (Wildman–Crippen LogP) is 4.35. The fourth-order valence-electron chi connectivity index (χ4n) is 6.11. The van der Waals surface area contributed by atoms with E-state index in [1.54, 1.807) is 0 Å². The Kier molecular flexibility index (Phi) is 10.3. The van der Waals surface area contributed by atoms with Gasteiger partial charge in [-0.15, -0.1) is 0 Å². The van der Waals surface area contributed by atoms with Crippen molar-refractivity contribution in [2.24, 2.45) is 0 Å². The minimum absolute atomic E-state index is 0.168. The lowest BCUT2D eigenvalue weighted by molar-refractivity contribution is 0.281. The molecule has 214 valence electrons. The standard InChI is InChI=1S/C31H49N7O/c1-37(2)19-10-22-39-25-16-14-24(15-17-25)23-33-29-28(13-9-18-32-29)35-31-34-27-12-6-5-11-26(27)30(36-31)38-20-7-3-4-8-21-38/h14-17,28-29,32-33H,3-13,18-23H2,1-2H3,(H,34,35,36). The van der Waals surface area contributed by atoms with Crippen LogP contribution in [0.25, 0.3) is 0 Å². The van der Waals surface area contributed by atoms with E-state index in [-0.39, 0.29) is 12.2 Å². The van der Waals surface area contributed by atoms with Gasteiger partial charge in [0.25, 0.3) is 0 Å². The van der Waals surface area contributed by atoms with E-state index in [0.717, 1.165) is 83.1 Å². The summed E-state index contributed by atoms with van der Waals surface area (Å²) in [6, 6.07) is 8.75. The highest BCUT2D eigenvalue weighted by Gasteiger charge is 2.27. The maximum Gasteiger partial charge on any atom is 0.225 e. The SMILES string of the molecule is CN(C)CCCOc1ccc(CNC2NCCCC2Nc2nc3c(c(N4CCCCCC4)n2)CCCC3)cc1. The van der Waals surface area contributed by atoms with Crippen LogP contribution in [0.3, 0.4) is 0 Å². The third-order valence-corrected chi connectivity index (χ3v) is 8.31. The van der Waals surface area contributed by atoms with Gasteiger partial charge in [-0.2, -0.15) is 4.98 Å². The molecule has 3 aliphatic rings. The Morgan fingerprint density at radius 3 is 2.56 bits per heavy atom. The molecule has 2 atom stereocenters. The van der Waals surface area contributed by atoms with Gasteiger partial charge < -0.3 is 25.2 Å². The molecule has 3 heterocycles. The molecule has 2 unspecified atom stereocenters. The van der Waals surface area contributed by atoms with Gasteiger partial charge >= 0.3 is 0 Å². The molecule has 39 heavy (non-hydrogen) atoms. The lowest BCUT2D eigenvalue weighted by atomic mass is 9.96. The number of piperidine rings is 1. The van der Waals surface area contributed by atoms with Crippen LogP contribution in [0.5, 0.6) is 5.75 Å². The molecule has 0 spiro atoms. The largest absolute Gasteiger partial charge is 0.494 e. The van der Waals surface area contributed by atoms with E-state index in [9.17, 15) is 0 Å². The Morgan fingerprint density at radius 2 is 1.77 bits per heavy atom. The zero-order valence-corrected chi connectivity index (χ0v) is 24.2. The van der Waals surface area contributed by atoms with Crippen molar-refractivity contribution in [3.63, 3.8) is 0 Å². The number of nitrogens with zero attached hydrogens (tertiary/aromatic N) is 4. The molecule has 2 saturated heterocycles. The first kappa shape index (κ1) is 28.1. The Labute approximate surface area is 235 Å². The van der Waals surface area contributed by atoms with E-state index in [1.165, 1.54) is 61.2 Å². The van der Waals surface area contributed by atoms with E-state index >= 15 is 0 Å². The molecule has 2 aromatic rings. The van der Waals surface area contributed by atoms with Gasteiger partial charge in [-0.1, -0.05) is 25.0 Å². The highest BCUT2D eigenvalue weighted by atomic mass is 16.5. The van der Waals surface area contributed by atoms with Gasteiger partial charge in [-0.25, -0.2) is 4.98 Å². The molecule has 5 rings (SSSR count). The third-order valence-electron chi connectivity index (χ3n) is 8.31. The lowest BCUT2D eigenvalue weighted by Gasteiger charge is -2.35. The Bertz CT molecular complexity index is 1020. The quantitative estimate of drug-likeness (QED) is 0.367.